The lowest BCUT2D eigenvalue weighted by Crippen LogP contribution is -2.53. The summed E-state index contributed by atoms with van der Waals surface area (Å²) in [6, 6.07) is 0. The Labute approximate surface area is 74.1 Å². The average molecular weight is 170 g/mol. The fourth-order valence-electron chi connectivity index (χ4n) is 3.58. The van der Waals surface area contributed by atoms with Crippen molar-refractivity contribution in [2.45, 2.75) is 38.9 Å². The van der Waals surface area contributed by atoms with Gasteiger partial charge in [-0.15, -0.1) is 0 Å². The Morgan fingerprint density at radius 2 is 1.82 bits per heavy atom. The largest absolute Gasteiger partial charge is 0.157 e. The van der Waals surface area contributed by atoms with Gasteiger partial charge in [0.1, 0.15) is 0 Å². The van der Waals surface area contributed by atoms with Crippen LogP contribution in [0.15, 0.2) is 0 Å². The van der Waals surface area contributed by atoms with E-state index in [1.165, 1.54) is 6.42 Å². The third-order valence-electron chi connectivity index (χ3n) is 4.84. The molecule has 3 unspecified atom stereocenters. The normalized spacial score (nSPS) is 58.1. The molecule has 2 rings (SSSR count). The van der Waals surface area contributed by atoms with Crippen LogP contribution in [-0.2, 0) is 0 Å². The Hall–Kier alpha value is 0.350. The third-order valence-corrected chi connectivity index (χ3v) is 6.67. The van der Waals surface area contributed by atoms with Crippen LogP contribution in [-0.4, -0.2) is 11.0 Å². The van der Waals surface area contributed by atoms with E-state index in [1.54, 1.807) is 0 Å². The number of rotatable bonds is 1. The zero-order valence-corrected chi connectivity index (χ0v) is 9.01. The lowest BCUT2D eigenvalue weighted by molar-refractivity contribution is 0.0265. The van der Waals surface area contributed by atoms with E-state index in [4.69, 9.17) is 0 Å². The molecule has 0 radical (unpaired) electrons. The molecule has 3 atom stereocenters. The van der Waals surface area contributed by atoms with Crippen molar-refractivity contribution in [3.8, 4) is 0 Å². The molecule has 1 heteroatoms. The number of hydrogen-bond donors (Lipinski definition) is 0. The highest BCUT2D eigenvalue weighted by atomic mass is 32.2. The van der Waals surface area contributed by atoms with E-state index in [-0.39, 0.29) is 0 Å². The summed E-state index contributed by atoms with van der Waals surface area (Å²) in [5.41, 5.74) is 1.27. The van der Waals surface area contributed by atoms with Crippen molar-refractivity contribution in [3.63, 3.8) is 0 Å². The maximum Gasteiger partial charge on any atom is 0.0273 e. The first-order valence-corrected chi connectivity index (χ1v) is 5.70. The summed E-state index contributed by atoms with van der Waals surface area (Å²) in [5.74, 6) is 0.919. The third kappa shape index (κ3) is 0.517. The summed E-state index contributed by atoms with van der Waals surface area (Å²) in [7, 11) is 0. The molecule has 11 heavy (non-hydrogen) atoms. The molecule has 2 saturated carbocycles. The van der Waals surface area contributed by atoms with Crippen LogP contribution < -0.4 is 0 Å². The second-order valence-electron chi connectivity index (χ2n) is 5.07. The fourth-order valence-corrected chi connectivity index (χ4v) is 5.37. The summed E-state index contributed by atoms with van der Waals surface area (Å²) in [6.45, 7) is 9.74. The van der Waals surface area contributed by atoms with Crippen molar-refractivity contribution in [1.82, 2.24) is 0 Å². The van der Waals surface area contributed by atoms with Crippen LogP contribution in [0.5, 0.6) is 0 Å². The highest BCUT2D eigenvalue weighted by Crippen LogP contribution is 2.86. The smallest absolute Gasteiger partial charge is 0.0273 e. The average Bonchev–Trinajstić information content (AvgIpc) is 2.55. The van der Waals surface area contributed by atoms with Gasteiger partial charge in [0.2, 0.25) is 0 Å². The quantitative estimate of drug-likeness (QED) is 0.582. The highest BCUT2D eigenvalue weighted by molar-refractivity contribution is 8.00. The predicted octanol–water partition coefficient (Wildman–Crippen LogP) is 3.17. The maximum atomic E-state index is 2.46. The maximum absolute atomic E-state index is 2.46. The van der Waals surface area contributed by atoms with Crippen LogP contribution >= 0.6 is 11.8 Å². The van der Waals surface area contributed by atoms with E-state index in [0.29, 0.717) is 15.6 Å². The van der Waals surface area contributed by atoms with E-state index in [1.807, 2.05) is 0 Å². The van der Waals surface area contributed by atoms with Crippen LogP contribution in [0, 0.1) is 16.7 Å². The Bertz CT molecular complexity index is 209. The molecule has 0 aromatic heterocycles. The van der Waals surface area contributed by atoms with Crippen molar-refractivity contribution in [1.29, 1.82) is 0 Å². The number of thioether (sulfide) groups is 1. The van der Waals surface area contributed by atoms with Crippen LogP contribution in [0.1, 0.15) is 34.1 Å². The molecule has 0 bridgehead atoms. The molecule has 0 aromatic carbocycles. The monoisotopic (exact) mass is 170 g/mol. The Balaban J connectivity index is 2.31. The summed E-state index contributed by atoms with van der Waals surface area (Å²) < 4.78 is 0.652. The van der Waals surface area contributed by atoms with Crippen molar-refractivity contribution < 1.29 is 0 Å². The van der Waals surface area contributed by atoms with Gasteiger partial charge in [-0.3, -0.25) is 0 Å². The lowest BCUT2D eigenvalue weighted by atomic mass is 9.56. The van der Waals surface area contributed by atoms with Gasteiger partial charge in [-0.05, 0) is 29.4 Å². The van der Waals surface area contributed by atoms with Gasteiger partial charge >= 0.3 is 0 Å². The Morgan fingerprint density at radius 1 is 1.27 bits per heavy atom. The molecule has 0 N–H and O–H groups in total. The van der Waals surface area contributed by atoms with E-state index in [2.05, 4.69) is 45.7 Å². The zero-order valence-electron chi connectivity index (χ0n) is 8.19. The molecule has 2 aliphatic carbocycles. The molecule has 0 heterocycles. The van der Waals surface area contributed by atoms with Gasteiger partial charge in [0.15, 0.2) is 0 Å². The first-order chi connectivity index (χ1) is 4.92. The van der Waals surface area contributed by atoms with E-state index in [9.17, 15) is 0 Å². The Morgan fingerprint density at radius 3 is 2.00 bits per heavy atom. The molecule has 2 fully saturated rings. The SMILES string of the molecule is CSC12CC1(C)C(C)C2(C)C. The van der Waals surface area contributed by atoms with Gasteiger partial charge in [0, 0.05) is 4.75 Å². The molecular formula is C10H18S. The van der Waals surface area contributed by atoms with E-state index in [0.717, 1.165) is 5.92 Å². The molecule has 0 aliphatic heterocycles. The second kappa shape index (κ2) is 1.66. The first kappa shape index (κ1) is 7.97. The van der Waals surface area contributed by atoms with Gasteiger partial charge in [-0.25, -0.2) is 0 Å². The van der Waals surface area contributed by atoms with Gasteiger partial charge in [0.05, 0.1) is 0 Å². The first-order valence-electron chi connectivity index (χ1n) is 4.47. The molecule has 2 aliphatic rings. The second-order valence-corrected chi connectivity index (χ2v) is 6.17. The van der Waals surface area contributed by atoms with Gasteiger partial charge in [-0.2, -0.15) is 11.8 Å². The minimum atomic E-state index is 0.584. The van der Waals surface area contributed by atoms with Gasteiger partial charge < -0.3 is 0 Å². The van der Waals surface area contributed by atoms with Gasteiger partial charge in [0.25, 0.3) is 0 Å². The predicted molar refractivity (Wildman–Crippen MR) is 51.9 cm³/mol. The number of fused-ring (bicyclic) bond motifs is 1. The van der Waals surface area contributed by atoms with Crippen molar-refractivity contribution in [2.24, 2.45) is 16.7 Å². The molecule has 0 aromatic rings. The lowest BCUT2D eigenvalue weighted by Gasteiger charge is -2.55. The van der Waals surface area contributed by atoms with Crippen molar-refractivity contribution in [3.05, 3.63) is 0 Å². The molecule has 64 valence electrons. The van der Waals surface area contributed by atoms with Crippen LogP contribution in [0.4, 0.5) is 0 Å². The van der Waals surface area contributed by atoms with Crippen molar-refractivity contribution >= 4 is 11.8 Å². The summed E-state index contributed by atoms with van der Waals surface area (Å²) >= 11 is 2.10. The molecule has 0 amide bonds. The van der Waals surface area contributed by atoms with Crippen molar-refractivity contribution in [2.75, 3.05) is 6.26 Å². The van der Waals surface area contributed by atoms with Crippen LogP contribution in [0.2, 0.25) is 0 Å². The molecular weight excluding hydrogens is 152 g/mol. The van der Waals surface area contributed by atoms with Crippen LogP contribution in [0.3, 0.4) is 0 Å². The van der Waals surface area contributed by atoms with E-state index < -0.39 is 0 Å². The van der Waals surface area contributed by atoms with E-state index >= 15 is 0 Å². The molecule has 0 spiro atoms. The Kier molecular flexibility index (Phi) is 1.20. The molecule has 0 nitrogen and oxygen atoms in total. The summed E-state index contributed by atoms with van der Waals surface area (Å²) in [6.07, 6.45) is 3.73. The van der Waals surface area contributed by atoms with Crippen LogP contribution in [0.25, 0.3) is 0 Å². The topological polar surface area (TPSA) is 0 Å². The van der Waals surface area contributed by atoms with Gasteiger partial charge in [-0.1, -0.05) is 27.7 Å². The highest BCUT2D eigenvalue weighted by Gasteiger charge is 2.83. The fraction of sp³-hybridized carbons (Fsp3) is 1.00. The summed E-state index contributed by atoms with van der Waals surface area (Å²) in [4.78, 5) is 0. The zero-order chi connectivity index (χ0) is 8.49. The summed E-state index contributed by atoms with van der Waals surface area (Å²) in [5, 5.41) is 0. The molecule has 0 saturated heterocycles. The minimum Gasteiger partial charge on any atom is -0.157 e. The minimum absolute atomic E-state index is 0.584. The standard InChI is InChI=1S/C10H18S/c1-7-8(2,3)10(11-5)6-9(7,10)4/h7H,6H2,1-5H3. The number of hydrogen-bond acceptors (Lipinski definition) is 1.